The van der Waals surface area contributed by atoms with Crippen molar-refractivity contribution in [1.82, 2.24) is 10.2 Å². The van der Waals surface area contributed by atoms with Crippen molar-refractivity contribution in [1.29, 1.82) is 0 Å². The highest BCUT2D eigenvalue weighted by atomic mass is 16.5. The van der Waals surface area contributed by atoms with E-state index in [-0.39, 0.29) is 0 Å². The third-order valence-electron chi connectivity index (χ3n) is 1.96. The normalized spacial score (nSPS) is 11.0. The Bertz CT molecular complexity index is 88.6. The van der Waals surface area contributed by atoms with Gasteiger partial charge in [-0.15, -0.1) is 0 Å². The molecule has 0 spiro atoms. The van der Waals surface area contributed by atoms with Gasteiger partial charge in [0.05, 0.1) is 6.61 Å². The van der Waals surface area contributed by atoms with Crippen LogP contribution in [0.25, 0.3) is 0 Å². The van der Waals surface area contributed by atoms with Crippen LogP contribution in [0, 0.1) is 0 Å². The fourth-order valence-corrected chi connectivity index (χ4v) is 1.13. The highest BCUT2D eigenvalue weighted by Crippen LogP contribution is 1.90. The smallest absolute Gasteiger partial charge is 0.0589 e. The highest BCUT2D eigenvalue weighted by molar-refractivity contribution is 4.55. The Morgan fingerprint density at radius 2 is 2.08 bits per heavy atom. The molecule has 3 nitrogen and oxygen atoms in total. The molecule has 0 amide bonds. The summed E-state index contributed by atoms with van der Waals surface area (Å²) in [6, 6.07) is 0. The molecule has 0 saturated carbocycles. The molecule has 0 fully saturated rings. The van der Waals surface area contributed by atoms with E-state index in [4.69, 9.17) is 4.74 Å². The Morgan fingerprint density at radius 1 is 1.33 bits per heavy atom. The zero-order valence-corrected chi connectivity index (χ0v) is 8.60. The standard InChI is InChI=1S/C9H22N2O/c1-4-11(8-9-12-3)7-5-6-10-2/h10H,4-9H2,1-3H3. The molecule has 0 radical (unpaired) electrons. The minimum atomic E-state index is 0.841. The van der Waals surface area contributed by atoms with Crippen LogP contribution in [0.1, 0.15) is 13.3 Å². The van der Waals surface area contributed by atoms with Gasteiger partial charge in [0.2, 0.25) is 0 Å². The van der Waals surface area contributed by atoms with Crippen LogP contribution >= 0.6 is 0 Å². The van der Waals surface area contributed by atoms with Gasteiger partial charge < -0.3 is 15.0 Å². The number of likely N-dealkylation sites (N-methyl/N-ethyl adjacent to an activating group) is 1. The molecule has 0 aromatic heterocycles. The van der Waals surface area contributed by atoms with Crippen molar-refractivity contribution >= 4 is 0 Å². The molecule has 0 unspecified atom stereocenters. The molecule has 0 aromatic carbocycles. The van der Waals surface area contributed by atoms with Crippen LogP contribution < -0.4 is 5.32 Å². The zero-order chi connectivity index (χ0) is 9.23. The predicted octanol–water partition coefficient (Wildman–Crippen LogP) is 0.564. The summed E-state index contributed by atoms with van der Waals surface area (Å²) < 4.78 is 5.02. The number of rotatable bonds is 8. The molecule has 0 aliphatic heterocycles. The molecule has 0 aliphatic rings. The first-order valence-electron chi connectivity index (χ1n) is 4.71. The molecule has 0 bridgehead atoms. The van der Waals surface area contributed by atoms with E-state index in [0.29, 0.717) is 0 Å². The minimum Gasteiger partial charge on any atom is -0.383 e. The maximum absolute atomic E-state index is 5.02. The first-order chi connectivity index (χ1) is 5.85. The van der Waals surface area contributed by atoms with Crippen LogP contribution in [0.4, 0.5) is 0 Å². The van der Waals surface area contributed by atoms with E-state index in [1.54, 1.807) is 7.11 Å². The van der Waals surface area contributed by atoms with Gasteiger partial charge in [-0.05, 0) is 33.1 Å². The lowest BCUT2D eigenvalue weighted by molar-refractivity contribution is 0.150. The Morgan fingerprint density at radius 3 is 2.58 bits per heavy atom. The third kappa shape index (κ3) is 6.58. The Hall–Kier alpha value is -0.120. The average molecular weight is 174 g/mol. The molecule has 0 saturated heterocycles. The Kier molecular flexibility index (Phi) is 8.88. The number of methoxy groups -OCH3 is 1. The predicted molar refractivity (Wildman–Crippen MR) is 52.5 cm³/mol. The summed E-state index contributed by atoms with van der Waals surface area (Å²) in [6.07, 6.45) is 1.22. The van der Waals surface area contributed by atoms with Crippen molar-refractivity contribution < 1.29 is 4.74 Å². The second-order valence-electron chi connectivity index (χ2n) is 2.88. The van der Waals surface area contributed by atoms with E-state index >= 15 is 0 Å². The van der Waals surface area contributed by atoms with Gasteiger partial charge in [0, 0.05) is 13.7 Å². The molecule has 74 valence electrons. The Labute approximate surface area is 76.1 Å². The van der Waals surface area contributed by atoms with Gasteiger partial charge in [0.25, 0.3) is 0 Å². The molecule has 0 aromatic rings. The molecule has 3 heteroatoms. The monoisotopic (exact) mass is 174 g/mol. The molecular formula is C9H22N2O. The van der Waals surface area contributed by atoms with E-state index < -0.39 is 0 Å². The fourth-order valence-electron chi connectivity index (χ4n) is 1.13. The third-order valence-corrected chi connectivity index (χ3v) is 1.96. The van der Waals surface area contributed by atoms with Crippen molar-refractivity contribution in [2.45, 2.75) is 13.3 Å². The average Bonchev–Trinajstić information content (AvgIpc) is 2.11. The summed E-state index contributed by atoms with van der Waals surface area (Å²) in [7, 11) is 3.74. The summed E-state index contributed by atoms with van der Waals surface area (Å²) in [5, 5.41) is 3.15. The Balaban J connectivity index is 3.26. The van der Waals surface area contributed by atoms with Crippen molar-refractivity contribution in [2.24, 2.45) is 0 Å². The van der Waals surface area contributed by atoms with Gasteiger partial charge in [0.15, 0.2) is 0 Å². The molecule has 0 atom stereocenters. The van der Waals surface area contributed by atoms with Gasteiger partial charge in [-0.1, -0.05) is 6.92 Å². The second kappa shape index (κ2) is 8.97. The first kappa shape index (κ1) is 11.9. The van der Waals surface area contributed by atoms with Crippen molar-refractivity contribution in [2.75, 3.05) is 46.9 Å². The molecule has 12 heavy (non-hydrogen) atoms. The largest absolute Gasteiger partial charge is 0.383 e. The lowest BCUT2D eigenvalue weighted by Crippen LogP contribution is -2.29. The molecule has 0 heterocycles. The second-order valence-corrected chi connectivity index (χ2v) is 2.88. The summed E-state index contributed by atoms with van der Waals surface area (Å²) in [4.78, 5) is 2.40. The van der Waals surface area contributed by atoms with Crippen molar-refractivity contribution in [3.05, 3.63) is 0 Å². The van der Waals surface area contributed by atoms with Gasteiger partial charge in [0.1, 0.15) is 0 Å². The summed E-state index contributed by atoms with van der Waals surface area (Å²) >= 11 is 0. The molecular weight excluding hydrogens is 152 g/mol. The number of hydrogen-bond acceptors (Lipinski definition) is 3. The van der Waals surface area contributed by atoms with E-state index in [0.717, 1.165) is 26.2 Å². The van der Waals surface area contributed by atoms with Gasteiger partial charge in [-0.2, -0.15) is 0 Å². The van der Waals surface area contributed by atoms with E-state index in [9.17, 15) is 0 Å². The lowest BCUT2D eigenvalue weighted by Gasteiger charge is -2.19. The topological polar surface area (TPSA) is 24.5 Å². The zero-order valence-electron chi connectivity index (χ0n) is 8.60. The van der Waals surface area contributed by atoms with E-state index in [1.165, 1.54) is 13.0 Å². The number of hydrogen-bond donors (Lipinski definition) is 1. The van der Waals surface area contributed by atoms with E-state index in [1.807, 2.05) is 7.05 Å². The number of ether oxygens (including phenoxy) is 1. The van der Waals surface area contributed by atoms with Gasteiger partial charge in [-0.3, -0.25) is 0 Å². The highest BCUT2D eigenvalue weighted by Gasteiger charge is 1.99. The van der Waals surface area contributed by atoms with Crippen LogP contribution in [-0.2, 0) is 4.74 Å². The van der Waals surface area contributed by atoms with E-state index in [2.05, 4.69) is 17.1 Å². The maximum Gasteiger partial charge on any atom is 0.0589 e. The summed E-state index contributed by atoms with van der Waals surface area (Å²) in [6.45, 7) is 7.47. The van der Waals surface area contributed by atoms with Gasteiger partial charge in [-0.25, -0.2) is 0 Å². The van der Waals surface area contributed by atoms with Crippen molar-refractivity contribution in [3.63, 3.8) is 0 Å². The number of nitrogens with zero attached hydrogens (tertiary/aromatic N) is 1. The SMILES string of the molecule is CCN(CCCNC)CCOC. The van der Waals surface area contributed by atoms with Crippen LogP contribution in [0.15, 0.2) is 0 Å². The van der Waals surface area contributed by atoms with Crippen molar-refractivity contribution in [3.8, 4) is 0 Å². The first-order valence-corrected chi connectivity index (χ1v) is 4.71. The summed E-state index contributed by atoms with van der Waals surface area (Å²) in [5.41, 5.74) is 0. The lowest BCUT2D eigenvalue weighted by atomic mass is 10.3. The maximum atomic E-state index is 5.02. The van der Waals surface area contributed by atoms with Crippen LogP contribution in [-0.4, -0.2) is 51.8 Å². The van der Waals surface area contributed by atoms with Crippen LogP contribution in [0.3, 0.4) is 0 Å². The summed E-state index contributed by atoms with van der Waals surface area (Å²) in [5.74, 6) is 0. The van der Waals surface area contributed by atoms with Crippen LogP contribution in [0.5, 0.6) is 0 Å². The molecule has 1 N–H and O–H groups in total. The number of nitrogens with one attached hydrogen (secondary N) is 1. The minimum absolute atomic E-state index is 0.841. The molecule has 0 rings (SSSR count). The van der Waals surface area contributed by atoms with Crippen LogP contribution in [0.2, 0.25) is 0 Å². The molecule has 0 aliphatic carbocycles. The van der Waals surface area contributed by atoms with Gasteiger partial charge >= 0.3 is 0 Å². The fraction of sp³-hybridized carbons (Fsp3) is 1.00. The quantitative estimate of drug-likeness (QED) is 0.544.